The number of nitrogens with one attached hydrogen (secondary N) is 2. The number of hydrogen-bond acceptors (Lipinski definition) is 2. The highest BCUT2D eigenvalue weighted by molar-refractivity contribution is 6.04. The van der Waals surface area contributed by atoms with Crippen molar-refractivity contribution in [2.45, 2.75) is 12.3 Å². The zero-order valence-electron chi connectivity index (χ0n) is 9.40. The maximum atomic E-state index is 11.7. The second-order valence-corrected chi connectivity index (χ2v) is 3.93. The lowest BCUT2D eigenvalue weighted by atomic mass is 9.97. The first kappa shape index (κ1) is 11.4. The molecule has 4 heteroatoms. The number of hydrogen-bond donors (Lipinski definition) is 2. The second kappa shape index (κ2) is 4.82. The Balaban J connectivity index is 2.09. The van der Waals surface area contributed by atoms with E-state index < -0.39 is 0 Å². The Hall–Kier alpha value is -2.10. The van der Waals surface area contributed by atoms with Crippen LogP contribution in [0.2, 0.25) is 0 Å². The van der Waals surface area contributed by atoms with Crippen molar-refractivity contribution >= 4 is 17.5 Å². The number of carbonyl (C=O) groups is 2. The number of benzene rings is 1. The van der Waals surface area contributed by atoms with E-state index in [1.165, 1.54) is 0 Å². The molecule has 0 saturated heterocycles. The topological polar surface area (TPSA) is 58.2 Å². The van der Waals surface area contributed by atoms with E-state index in [4.69, 9.17) is 0 Å². The fraction of sp³-hybridized carbons (Fsp3) is 0.231. The van der Waals surface area contributed by atoms with Crippen molar-refractivity contribution in [3.63, 3.8) is 0 Å². The highest BCUT2D eigenvalue weighted by Crippen LogP contribution is 2.34. The van der Waals surface area contributed by atoms with Gasteiger partial charge in [0.1, 0.15) is 0 Å². The van der Waals surface area contributed by atoms with Crippen LogP contribution in [-0.4, -0.2) is 18.4 Å². The quantitative estimate of drug-likeness (QED) is 0.768. The summed E-state index contributed by atoms with van der Waals surface area (Å²) < 4.78 is 0. The molecule has 1 aromatic rings. The number of anilines is 1. The van der Waals surface area contributed by atoms with Crippen LogP contribution in [0, 0.1) is 0 Å². The molecule has 0 aliphatic carbocycles. The van der Waals surface area contributed by atoms with Crippen molar-refractivity contribution in [2.24, 2.45) is 0 Å². The zero-order valence-corrected chi connectivity index (χ0v) is 9.40. The maximum Gasteiger partial charge on any atom is 0.232 e. The van der Waals surface area contributed by atoms with Gasteiger partial charge >= 0.3 is 0 Å². The van der Waals surface area contributed by atoms with Gasteiger partial charge in [-0.3, -0.25) is 9.59 Å². The molecule has 2 N–H and O–H groups in total. The van der Waals surface area contributed by atoms with E-state index in [-0.39, 0.29) is 24.2 Å². The van der Waals surface area contributed by atoms with Crippen LogP contribution in [0.4, 0.5) is 5.69 Å². The third-order valence-electron chi connectivity index (χ3n) is 2.74. The molecule has 0 fully saturated rings. The molecule has 4 nitrogen and oxygen atoms in total. The third-order valence-corrected chi connectivity index (χ3v) is 2.74. The summed E-state index contributed by atoms with van der Waals surface area (Å²) >= 11 is 0. The minimum Gasteiger partial charge on any atom is -0.353 e. The van der Waals surface area contributed by atoms with Crippen LogP contribution < -0.4 is 10.6 Å². The normalized spacial score (nSPS) is 17.2. The van der Waals surface area contributed by atoms with E-state index in [0.29, 0.717) is 6.54 Å². The van der Waals surface area contributed by atoms with Gasteiger partial charge in [0.15, 0.2) is 0 Å². The van der Waals surface area contributed by atoms with Gasteiger partial charge in [-0.2, -0.15) is 0 Å². The molecule has 88 valence electrons. The molecule has 1 aliphatic heterocycles. The minimum absolute atomic E-state index is 0.111. The summed E-state index contributed by atoms with van der Waals surface area (Å²) in [5, 5.41) is 5.44. The Bertz CT molecular complexity index is 468. The average Bonchev–Trinajstić information content (AvgIpc) is 2.64. The third kappa shape index (κ3) is 2.36. The summed E-state index contributed by atoms with van der Waals surface area (Å²) in [6, 6.07) is 7.45. The summed E-state index contributed by atoms with van der Waals surface area (Å²) in [6.07, 6.45) is 1.79. The molecule has 0 radical (unpaired) electrons. The van der Waals surface area contributed by atoms with Crippen molar-refractivity contribution < 1.29 is 9.59 Å². The highest BCUT2D eigenvalue weighted by atomic mass is 16.2. The largest absolute Gasteiger partial charge is 0.353 e. The molecular formula is C13H14N2O2. The van der Waals surface area contributed by atoms with E-state index in [2.05, 4.69) is 17.2 Å². The Morgan fingerprint density at radius 2 is 2.24 bits per heavy atom. The van der Waals surface area contributed by atoms with Gasteiger partial charge in [0, 0.05) is 18.7 Å². The number of para-hydroxylation sites is 1. The molecule has 1 atom stereocenters. The lowest BCUT2D eigenvalue weighted by molar-refractivity contribution is -0.125. The maximum absolute atomic E-state index is 11.7. The van der Waals surface area contributed by atoms with Gasteiger partial charge < -0.3 is 10.6 Å². The molecule has 0 bridgehead atoms. The van der Waals surface area contributed by atoms with Crippen LogP contribution in [0.3, 0.4) is 0 Å². The first-order valence-electron chi connectivity index (χ1n) is 5.49. The molecule has 2 amide bonds. The van der Waals surface area contributed by atoms with Gasteiger partial charge in [-0.15, -0.1) is 6.58 Å². The smallest absolute Gasteiger partial charge is 0.232 e. The molecule has 0 aromatic heterocycles. The minimum atomic E-state index is -0.379. The first-order chi connectivity index (χ1) is 8.22. The van der Waals surface area contributed by atoms with Gasteiger partial charge in [-0.05, 0) is 11.6 Å². The SMILES string of the molecule is C=CCNC(=O)CC1C(=O)Nc2ccccc21. The van der Waals surface area contributed by atoms with Crippen LogP contribution in [0.15, 0.2) is 36.9 Å². The predicted molar refractivity (Wildman–Crippen MR) is 65.6 cm³/mol. The lowest BCUT2D eigenvalue weighted by Crippen LogP contribution is -2.27. The number of rotatable bonds is 4. The van der Waals surface area contributed by atoms with Crippen molar-refractivity contribution in [1.82, 2.24) is 5.32 Å². The highest BCUT2D eigenvalue weighted by Gasteiger charge is 2.31. The van der Waals surface area contributed by atoms with E-state index in [1.807, 2.05) is 24.3 Å². The molecule has 1 heterocycles. The molecule has 1 aromatic carbocycles. The molecule has 2 rings (SSSR count). The van der Waals surface area contributed by atoms with Crippen molar-refractivity contribution in [3.8, 4) is 0 Å². The summed E-state index contributed by atoms with van der Waals surface area (Å²) in [7, 11) is 0. The van der Waals surface area contributed by atoms with Crippen LogP contribution in [-0.2, 0) is 9.59 Å². The van der Waals surface area contributed by atoms with Gasteiger partial charge in [-0.1, -0.05) is 24.3 Å². The predicted octanol–water partition coefficient (Wildman–Crippen LogP) is 1.41. The summed E-state index contributed by atoms with van der Waals surface area (Å²) in [4.78, 5) is 23.3. The van der Waals surface area contributed by atoms with Crippen molar-refractivity contribution in [1.29, 1.82) is 0 Å². The van der Waals surface area contributed by atoms with E-state index in [0.717, 1.165) is 11.3 Å². The van der Waals surface area contributed by atoms with E-state index >= 15 is 0 Å². The van der Waals surface area contributed by atoms with Crippen LogP contribution in [0.5, 0.6) is 0 Å². The molecule has 0 spiro atoms. The van der Waals surface area contributed by atoms with Crippen LogP contribution >= 0.6 is 0 Å². The lowest BCUT2D eigenvalue weighted by Gasteiger charge is -2.08. The van der Waals surface area contributed by atoms with E-state index in [1.54, 1.807) is 6.08 Å². The average molecular weight is 230 g/mol. The summed E-state index contributed by atoms with van der Waals surface area (Å²) in [5.41, 5.74) is 1.70. The Labute approximate surface area is 99.7 Å². The fourth-order valence-electron chi connectivity index (χ4n) is 1.92. The molecule has 0 saturated carbocycles. The molecule has 17 heavy (non-hydrogen) atoms. The summed E-state index contributed by atoms with van der Waals surface area (Å²) in [6.45, 7) is 3.95. The second-order valence-electron chi connectivity index (χ2n) is 3.93. The standard InChI is InChI=1S/C13H14N2O2/c1-2-7-14-12(16)8-10-9-5-3-4-6-11(9)15-13(10)17/h2-6,10H,1,7-8H2,(H,14,16)(H,15,17). The molecule has 1 aliphatic rings. The van der Waals surface area contributed by atoms with Crippen LogP contribution in [0.1, 0.15) is 17.9 Å². The Morgan fingerprint density at radius 3 is 3.00 bits per heavy atom. The monoisotopic (exact) mass is 230 g/mol. The van der Waals surface area contributed by atoms with Crippen molar-refractivity contribution in [2.75, 3.05) is 11.9 Å². The Kier molecular flexibility index (Phi) is 3.23. The van der Waals surface area contributed by atoms with Gasteiger partial charge in [0.05, 0.1) is 5.92 Å². The zero-order chi connectivity index (χ0) is 12.3. The van der Waals surface area contributed by atoms with Gasteiger partial charge in [0.2, 0.25) is 11.8 Å². The van der Waals surface area contributed by atoms with Crippen molar-refractivity contribution in [3.05, 3.63) is 42.5 Å². The Morgan fingerprint density at radius 1 is 1.47 bits per heavy atom. The number of carbonyl (C=O) groups excluding carboxylic acids is 2. The fourth-order valence-corrected chi connectivity index (χ4v) is 1.92. The number of fused-ring (bicyclic) bond motifs is 1. The van der Waals surface area contributed by atoms with Gasteiger partial charge in [0.25, 0.3) is 0 Å². The number of amides is 2. The summed E-state index contributed by atoms with van der Waals surface area (Å²) in [5.74, 6) is -0.627. The first-order valence-corrected chi connectivity index (χ1v) is 5.49. The van der Waals surface area contributed by atoms with Gasteiger partial charge in [-0.25, -0.2) is 0 Å². The van der Waals surface area contributed by atoms with E-state index in [9.17, 15) is 9.59 Å². The molecular weight excluding hydrogens is 216 g/mol. The van der Waals surface area contributed by atoms with Crippen LogP contribution in [0.25, 0.3) is 0 Å². The molecule has 1 unspecified atom stereocenters.